The number of rotatable bonds is 5. The van der Waals surface area contributed by atoms with E-state index in [1.165, 1.54) is 0 Å². The Bertz CT molecular complexity index is 495. The van der Waals surface area contributed by atoms with Gasteiger partial charge in [-0.3, -0.25) is 4.79 Å². The average Bonchev–Trinajstić information content (AvgIpc) is 3.12. The number of amides is 1. The van der Waals surface area contributed by atoms with Crippen molar-refractivity contribution in [1.82, 2.24) is 5.32 Å². The normalized spacial score (nSPS) is 17.6. The lowest BCUT2D eigenvalue weighted by molar-refractivity contribution is -0.121. The molecular weight excluding hydrogens is 272 g/mol. The van der Waals surface area contributed by atoms with Crippen LogP contribution in [0.1, 0.15) is 35.4 Å². The van der Waals surface area contributed by atoms with E-state index in [1.54, 1.807) is 11.3 Å². The van der Waals surface area contributed by atoms with E-state index in [0.29, 0.717) is 19.5 Å². The lowest BCUT2D eigenvalue weighted by atomic mass is 10.1. The van der Waals surface area contributed by atoms with Crippen LogP contribution < -0.4 is 11.1 Å². The lowest BCUT2D eigenvalue weighted by Gasteiger charge is -2.08. The molecular formula is C15H20N2O2S. The second-order valence-corrected chi connectivity index (χ2v) is 5.89. The Morgan fingerprint density at radius 3 is 3.20 bits per heavy atom. The summed E-state index contributed by atoms with van der Waals surface area (Å²) in [6, 6.07) is 3.95. The summed E-state index contributed by atoms with van der Waals surface area (Å²) in [6.07, 6.45) is 3.84. The van der Waals surface area contributed by atoms with E-state index in [4.69, 9.17) is 10.5 Å². The number of hydrogen-bond donors (Lipinski definition) is 2. The van der Waals surface area contributed by atoms with Gasteiger partial charge in [0.2, 0.25) is 5.91 Å². The van der Waals surface area contributed by atoms with Gasteiger partial charge in [-0.05, 0) is 31.4 Å². The molecule has 1 amide bonds. The van der Waals surface area contributed by atoms with E-state index in [2.05, 4.69) is 17.2 Å². The summed E-state index contributed by atoms with van der Waals surface area (Å²) >= 11 is 1.59. The van der Waals surface area contributed by atoms with Gasteiger partial charge in [0.1, 0.15) is 0 Å². The molecule has 1 aliphatic rings. The zero-order valence-corrected chi connectivity index (χ0v) is 12.3. The fraction of sp³-hybridized carbons (Fsp3) is 0.533. The Kier molecular flexibility index (Phi) is 6.06. The Morgan fingerprint density at radius 2 is 2.45 bits per heavy atom. The molecule has 1 fully saturated rings. The van der Waals surface area contributed by atoms with Crippen LogP contribution in [0.3, 0.4) is 0 Å². The number of nitrogens with two attached hydrogens (primary N) is 1. The summed E-state index contributed by atoms with van der Waals surface area (Å²) in [6.45, 7) is 1.78. The summed E-state index contributed by atoms with van der Waals surface area (Å²) in [4.78, 5) is 13.8. The molecule has 1 unspecified atom stereocenters. The largest absolute Gasteiger partial charge is 0.378 e. The molecule has 0 spiro atoms. The van der Waals surface area contributed by atoms with Gasteiger partial charge >= 0.3 is 0 Å². The lowest BCUT2D eigenvalue weighted by Crippen LogP contribution is -2.23. The standard InChI is InChI=1S/C15H20N2O2S/c16-9-1-4-13-6-7-14(20-13)11-17-15(18)8-5-12-3-2-10-19-12/h6-7,12H,2-3,5,8-11,16H2,(H,17,18). The van der Waals surface area contributed by atoms with Crippen molar-refractivity contribution in [2.24, 2.45) is 5.73 Å². The molecule has 1 aliphatic heterocycles. The van der Waals surface area contributed by atoms with Gasteiger partial charge in [0.05, 0.1) is 24.1 Å². The van der Waals surface area contributed by atoms with Crippen LogP contribution in [0, 0.1) is 11.8 Å². The predicted molar refractivity (Wildman–Crippen MR) is 80.3 cm³/mol. The first-order valence-electron chi connectivity index (χ1n) is 6.94. The molecule has 1 aromatic rings. The highest BCUT2D eigenvalue weighted by molar-refractivity contribution is 7.12. The van der Waals surface area contributed by atoms with Gasteiger partial charge in [0, 0.05) is 17.9 Å². The molecule has 1 saturated heterocycles. The minimum atomic E-state index is 0.0866. The van der Waals surface area contributed by atoms with Crippen LogP contribution in [0.5, 0.6) is 0 Å². The molecule has 108 valence electrons. The van der Waals surface area contributed by atoms with Crippen LogP contribution in [0.15, 0.2) is 12.1 Å². The second-order valence-electron chi connectivity index (χ2n) is 4.72. The maximum Gasteiger partial charge on any atom is 0.220 e. The van der Waals surface area contributed by atoms with Crippen molar-refractivity contribution in [2.45, 2.75) is 38.3 Å². The van der Waals surface area contributed by atoms with Crippen LogP contribution in [-0.4, -0.2) is 25.2 Å². The first-order valence-corrected chi connectivity index (χ1v) is 7.75. The van der Waals surface area contributed by atoms with E-state index >= 15 is 0 Å². The van der Waals surface area contributed by atoms with Crippen molar-refractivity contribution in [3.8, 4) is 11.8 Å². The molecule has 0 saturated carbocycles. The zero-order chi connectivity index (χ0) is 14.2. The molecule has 2 rings (SSSR count). The Labute approximate surface area is 123 Å². The highest BCUT2D eigenvalue weighted by Gasteiger charge is 2.16. The molecule has 0 aromatic carbocycles. The van der Waals surface area contributed by atoms with E-state index < -0.39 is 0 Å². The van der Waals surface area contributed by atoms with Gasteiger partial charge in [0.15, 0.2) is 0 Å². The highest BCUT2D eigenvalue weighted by atomic mass is 32.1. The number of ether oxygens (including phenoxy) is 1. The molecule has 0 bridgehead atoms. The van der Waals surface area contributed by atoms with Crippen molar-refractivity contribution in [3.63, 3.8) is 0 Å². The molecule has 3 N–H and O–H groups in total. The van der Waals surface area contributed by atoms with Gasteiger partial charge in [-0.2, -0.15) is 0 Å². The fourth-order valence-corrected chi connectivity index (χ4v) is 2.94. The van der Waals surface area contributed by atoms with Gasteiger partial charge < -0.3 is 15.8 Å². The third kappa shape index (κ3) is 4.97. The monoisotopic (exact) mass is 292 g/mol. The minimum Gasteiger partial charge on any atom is -0.378 e. The Balaban J connectivity index is 1.68. The topological polar surface area (TPSA) is 64.3 Å². The SMILES string of the molecule is NCC#Cc1ccc(CNC(=O)CCC2CCCO2)s1. The molecule has 20 heavy (non-hydrogen) atoms. The fourth-order valence-electron chi connectivity index (χ4n) is 2.12. The first kappa shape index (κ1) is 15.0. The van der Waals surface area contributed by atoms with Crippen LogP contribution in [0.25, 0.3) is 0 Å². The quantitative estimate of drug-likeness (QED) is 0.811. The maximum absolute atomic E-state index is 11.7. The Hall–Kier alpha value is -1.35. The number of thiophene rings is 1. The van der Waals surface area contributed by atoms with E-state index in [9.17, 15) is 4.79 Å². The van der Waals surface area contributed by atoms with Crippen LogP contribution in [-0.2, 0) is 16.1 Å². The molecule has 2 heterocycles. The van der Waals surface area contributed by atoms with Crippen molar-refractivity contribution in [2.75, 3.05) is 13.2 Å². The molecule has 0 radical (unpaired) electrons. The van der Waals surface area contributed by atoms with E-state index in [1.807, 2.05) is 12.1 Å². The summed E-state index contributed by atoms with van der Waals surface area (Å²) < 4.78 is 5.50. The van der Waals surface area contributed by atoms with Crippen LogP contribution in [0.4, 0.5) is 0 Å². The average molecular weight is 292 g/mol. The summed E-state index contributed by atoms with van der Waals surface area (Å²) in [5.74, 6) is 5.90. The third-order valence-corrected chi connectivity index (χ3v) is 4.15. The van der Waals surface area contributed by atoms with Gasteiger partial charge in [-0.15, -0.1) is 11.3 Å². The third-order valence-electron chi connectivity index (χ3n) is 3.15. The highest BCUT2D eigenvalue weighted by Crippen LogP contribution is 2.17. The van der Waals surface area contributed by atoms with Crippen molar-refractivity contribution in [3.05, 3.63) is 21.9 Å². The van der Waals surface area contributed by atoms with Crippen molar-refractivity contribution in [1.29, 1.82) is 0 Å². The maximum atomic E-state index is 11.7. The van der Waals surface area contributed by atoms with E-state index in [0.717, 1.165) is 35.6 Å². The van der Waals surface area contributed by atoms with Gasteiger partial charge in [-0.1, -0.05) is 11.8 Å². The second kappa shape index (κ2) is 8.05. The summed E-state index contributed by atoms with van der Waals surface area (Å²) in [5.41, 5.74) is 5.33. The van der Waals surface area contributed by atoms with Crippen molar-refractivity contribution < 1.29 is 9.53 Å². The molecule has 0 aliphatic carbocycles. The van der Waals surface area contributed by atoms with Crippen LogP contribution in [0.2, 0.25) is 0 Å². The first-order chi connectivity index (χ1) is 9.78. The summed E-state index contributed by atoms with van der Waals surface area (Å²) in [7, 11) is 0. The predicted octanol–water partition coefficient (Wildman–Crippen LogP) is 1.63. The molecule has 1 atom stereocenters. The molecule has 1 aromatic heterocycles. The molecule has 5 heteroatoms. The van der Waals surface area contributed by atoms with E-state index in [-0.39, 0.29) is 12.0 Å². The van der Waals surface area contributed by atoms with Gasteiger partial charge in [-0.25, -0.2) is 0 Å². The number of nitrogens with one attached hydrogen (secondary N) is 1. The number of hydrogen-bond acceptors (Lipinski definition) is 4. The summed E-state index contributed by atoms with van der Waals surface area (Å²) in [5, 5.41) is 2.94. The van der Waals surface area contributed by atoms with Gasteiger partial charge in [0.25, 0.3) is 0 Å². The minimum absolute atomic E-state index is 0.0866. The zero-order valence-electron chi connectivity index (χ0n) is 11.5. The number of carbonyl (C=O) groups excluding carboxylic acids is 1. The smallest absolute Gasteiger partial charge is 0.220 e. The van der Waals surface area contributed by atoms with Crippen LogP contribution >= 0.6 is 11.3 Å². The van der Waals surface area contributed by atoms with Crippen molar-refractivity contribution >= 4 is 17.2 Å². The molecule has 4 nitrogen and oxygen atoms in total. The Morgan fingerprint density at radius 1 is 1.55 bits per heavy atom. The number of carbonyl (C=O) groups is 1.